The highest BCUT2D eigenvalue weighted by molar-refractivity contribution is 6.39. The van der Waals surface area contributed by atoms with Crippen LogP contribution < -0.4 is 10.2 Å². The maximum atomic E-state index is 13.0. The van der Waals surface area contributed by atoms with Crippen molar-refractivity contribution in [1.82, 2.24) is 4.90 Å². The van der Waals surface area contributed by atoms with E-state index in [4.69, 9.17) is 23.2 Å². The molecule has 0 spiro atoms. The van der Waals surface area contributed by atoms with Crippen molar-refractivity contribution in [2.75, 3.05) is 25.5 Å². The molecule has 2 atom stereocenters. The molecular weight excluding hydrogens is 385 g/mol. The Bertz CT molecular complexity index is 642. The van der Waals surface area contributed by atoms with Gasteiger partial charge >= 0.3 is 0 Å². The van der Waals surface area contributed by atoms with Gasteiger partial charge in [0, 0.05) is 12.6 Å². The van der Waals surface area contributed by atoms with Gasteiger partial charge in [0.2, 0.25) is 0 Å². The minimum absolute atomic E-state index is 0.116. The summed E-state index contributed by atoms with van der Waals surface area (Å²) in [4.78, 5) is 28.3. The Labute approximate surface area is 172 Å². The van der Waals surface area contributed by atoms with Crippen LogP contribution in [0.15, 0.2) is 18.2 Å². The van der Waals surface area contributed by atoms with E-state index in [1.54, 1.807) is 18.2 Å². The zero-order chi connectivity index (χ0) is 20.0. The smallest absolute Gasteiger partial charge is 0.280 e. The minimum atomic E-state index is -0.292. The second-order valence-electron chi connectivity index (χ2n) is 7.31. The molecule has 150 valence electrons. The fourth-order valence-electron chi connectivity index (χ4n) is 3.65. The monoisotopic (exact) mass is 414 g/mol. The Morgan fingerprint density at radius 2 is 1.81 bits per heavy atom. The van der Waals surface area contributed by atoms with Gasteiger partial charge in [-0.1, -0.05) is 48.5 Å². The predicted molar refractivity (Wildman–Crippen MR) is 111 cm³/mol. The number of hydrogen-bond donors (Lipinski definition) is 2. The van der Waals surface area contributed by atoms with E-state index in [1.165, 1.54) is 19.3 Å². The summed E-state index contributed by atoms with van der Waals surface area (Å²) in [6.07, 6.45) is 5.79. The second-order valence-corrected chi connectivity index (χ2v) is 8.12. The average molecular weight is 415 g/mol. The fourth-order valence-corrected chi connectivity index (χ4v) is 4.15. The SMILES string of the molecule is CCN(C(=O)[C@@H](C)[NH+](C)CC(=O)Nc1c(Cl)cccc1Cl)C1CCCCC1. The van der Waals surface area contributed by atoms with E-state index in [-0.39, 0.29) is 24.4 Å². The van der Waals surface area contributed by atoms with Crippen LogP contribution in [0.2, 0.25) is 10.0 Å². The molecule has 2 N–H and O–H groups in total. The van der Waals surface area contributed by atoms with Crippen LogP contribution >= 0.6 is 23.2 Å². The molecule has 7 heteroatoms. The van der Waals surface area contributed by atoms with Gasteiger partial charge in [-0.15, -0.1) is 0 Å². The Balaban J connectivity index is 1.96. The molecule has 0 aromatic heterocycles. The summed E-state index contributed by atoms with van der Waals surface area (Å²) in [5, 5.41) is 3.55. The third kappa shape index (κ3) is 5.84. The molecule has 1 aromatic carbocycles. The lowest BCUT2D eigenvalue weighted by Gasteiger charge is -2.35. The van der Waals surface area contributed by atoms with E-state index < -0.39 is 0 Å². The maximum Gasteiger partial charge on any atom is 0.280 e. The number of amides is 2. The molecule has 0 saturated heterocycles. The summed E-state index contributed by atoms with van der Waals surface area (Å²) in [6, 6.07) is 5.12. The van der Waals surface area contributed by atoms with Crippen molar-refractivity contribution in [3.05, 3.63) is 28.2 Å². The molecule has 27 heavy (non-hydrogen) atoms. The van der Waals surface area contributed by atoms with E-state index in [2.05, 4.69) is 5.32 Å². The molecule has 1 aliphatic carbocycles. The molecule has 1 fully saturated rings. The fraction of sp³-hybridized carbons (Fsp3) is 0.600. The summed E-state index contributed by atoms with van der Waals surface area (Å²) in [7, 11) is 1.87. The lowest BCUT2D eigenvalue weighted by molar-refractivity contribution is -0.886. The van der Waals surface area contributed by atoms with Gasteiger partial charge in [0.25, 0.3) is 11.8 Å². The third-order valence-electron chi connectivity index (χ3n) is 5.42. The molecule has 0 bridgehead atoms. The zero-order valence-electron chi connectivity index (χ0n) is 16.4. The Kier molecular flexibility index (Phi) is 8.39. The van der Waals surface area contributed by atoms with Gasteiger partial charge in [-0.25, -0.2) is 0 Å². The number of carbonyl (C=O) groups is 2. The number of quaternary nitrogens is 1. The van der Waals surface area contributed by atoms with Crippen LogP contribution in [-0.4, -0.2) is 48.9 Å². The molecule has 1 aromatic rings. The molecule has 1 aliphatic rings. The van der Waals surface area contributed by atoms with Crippen LogP contribution in [0, 0.1) is 0 Å². The lowest BCUT2D eigenvalue weighted by Crippen LogP contribution is -3.15. The molecule has 0 radical (unpaired) electrons. The van der Waals surface area contributed by atoms with Crippen LogP contribution in [0.1, 0.15) is 46.0 Å². The van der Waals surface area contributed by atoms with Crippen molar-refractivity contribution in [1.29, 1.82) is 0 Å². The first-order valence-electron chi connectivity index (χ1n) is 9.71. The van der Waals surface area contributed by atoms with Crippen molar-refractivity contribution >= 4 is 40.7 Å². The number of rotatable bonds is 7. The first-order chi connectivity index (χ1) is 12.8. The molecular formula is C20H30Cl2N3O2+. The van der Waals surface area contributed by atoms with E-state index in [0.29, 0.717) is 28.3 Å². The van der Waals surface area contributed by atoms with E-state index in [1.807, 2.05) is 25.8 Å². The molecule has 0 aliphatic heterocycles. The van der Waals surface area contributed by atoms with Crippen molar-refractivity contribution in [2.24, 2.45) is 0 Å². The molecule has 2 rings (SSSR count). The summed E-state index contributed by atoms with van der Waals surface area (Å²) < 4.78 is 0. The first kappa shape index (κ1) is 22.0. The lowest BCUT2D eigenvalue weighted by atomic mass is 9.93. The Morgan fingerprint density at radius 3 is 2.37 bits per heavy atom. The summed E-state index contributed by atoms with van der Waals surface area (Å²) >= 11 is 12.2. The van der Waals surface area contributed by atoms with Crippen LogP contribution in [-0.2, 0) is 9.59 Å². The number of benzene rings is 1. The zero-order valence-corrected chi connectivity index (χ0v) is 17.9. The highest BCUT2D eigenvalue weighted by Crippen LogP contribution is 2.29. The maximum absolute atomic E-state index is 13.0. The number of nitrogens with zero attached hydrogens (tertiary/aromatic N) is 1. The summed E-state index contributed by atoms with van der Waals surface area (Å²) in [5.41, 5.74) is 0.412. The second kappa shape index (κ2) is 10.3. The number of halogens is 2. The van der Waals surface area contributed by atoms with Crippen molar-refractivity contribution in [2.45, 2.75) is 58.0 Å². The molecule has 0 heterocycles. The highest BCUT2D eigenvalue weighted by Gasteiger charge is 2.32. The van der Waals surface area contributed by atoms with Crippen LogP contribution in [0.25, 0.3) is 0 Å². The van der Waals surface area contributed by atoms with Gasteiger partial charge in [-0.3, -0.25) is 9.59 Å². The van der Waals surface area contributed by atoms with Crippen LogP contribution in [0.4, 0.5) is 5.69 Å². The van der Waals surface area contributed by atoms with Crippen molar-refractivity contribution in [3.8, 4) is 0 Å². The van der Waals surface area contributed by atoms with E-state index >= 15 is 0 Å². The standard InChI is InChI=1S/C20H29Cl2N3O2/c1-4-25(15-9-6-5-7-10-15)20(27)14(2)24(3)13-18(26)23-19-16(21)11-8-12-17(19)22/h8,11-12,14-15H,4-7,9-10,13H2,1-3H3,(H,23,26)/p+1/t14-/m1/s1. The number of anilines is 1. The molecule has 5 nitrogen and oxygen atoms in total. The number of likely N-dealkylation sites (N-methyl/N-ethyl adjacent to an activating group) is 2. The van der Waals surface area contributed by atoms with Crippen LogP contribution in [0.3, 0.4) is 0 Å². The van der Waals surface area contributed by atoms with E-state index in [9.17, 15) is 9.59 Å². The number of hydrogen-bond acceptors (Lipinski definition) is 2. The minimum Gasteiger partial charge on any atom is -0.335 e. The normalized spacial score (nSPS) is 17.2. The molecule has 2 amide bonds. The quantitative estimate of drug-likeness (QED) is 0.720. The summed E-state index contributed by atoms with van der Waals surface area (Å²) in [6.45, 7) is 4.79. The first-order valence-corrected chi connectivity index (χ1v) is 10.5. The Hall–Kier alpha value is -1.30. The van der Waals surface area contributed by atoms with Gasteiger partial charge in [0.15, 0.2) is 12.6 Å². The van der Waals surface area contributed by atoms with Crippen molar-refractivity contribution in [3.63, 3.8) is 0 Å². The van der Waals surface area contributed by atoms with Gasteiger partial charge in [-0.05, 0) is 38.8 Å². The predicted octanol–water partition coefficient (Wildman–Crippen LogP) is 3.02. The highest BCUT2D eigenvalue weighted by atomic mass is 35.5. The third-order valence-corrected chi connectivity index (χ3v) is 6.05. The number of nitrogens with one attached hydrogen (secondary N) is 2. The van der Waals surface area contributed by atoms with Gasteiger partial charge in [0.05, 0.1) is 22.8 Å². The Morgan fingerprint density at radius 1 is 1.22 bits per heavy atom. The largest absolute Gasteiger partial charge is 0.335 e. The summed E-state index contributed by atoms with van der Waals surface area (Å²) in [5.74, 6) is -0.103. The van der Waals surface area contributed by atoms with Gasteiger partial charge < -0.3 is 15.1 Å². The average Bonchev–Trinajstić information content (AvgIpc) is 2.65. The van der Waals surface area contributed by atoms with Crippen LogP contribution in [0.5, 0.6) is 0 Å². The van der Waals surface area contributed by atoms with E-state index in [0.717, 1.165) is 17.7 Å². The van der Waals surface area contributed by atoms with Crippen molar-refractivity contribution < 1.29 is 14.5 Å². The molecule has 1 saturated carbocycles. The number of para-hydroxylation sites is 1. The topological polar surface area (TPSA) is 53.9 Å². The molecule has 1 unspecified atom stereocenters. The van der Waals surface area contributed by atoms with Gasteiger partial charge in [0.1, 0.15) is 0 Å². The van der Waals surface area contributed by atoms with Gasteiger partial charge in [-0.2, -0.15) is 0 Å². The number of carbonyl (C=O) groups excluding carboxylic acids is 2.